The predicted octanol–water partition coefficient (Wildman–Crippen LogP) is 2.37. The Kier molecular flexibility index (Phi) is 3.86. The van der Waals surface area contributed by atoms with E-state index in [0.717, 1.165) is 0 Å². The lowest BCUT2D eigenvalue weighted by atomic mass is 10.1. The molecule has 0 spiro atoms. The number of hydrogen-bond donors (Lipinski definition) is 3. The van der Waals surface area contributed by atoms with Gasteiger partial charge in [-0.15, -0.1) is 0 Å². The molecule has 2 heterocycles. The van der Waals surface area contributed by atoms with E-state index in [2.05, 4.69) is 25.5 Å². The van der Waals surface area contributed by atoms with Crippen molar-refractivity contribution in [2.75, 3.05) is 5.32 Å². The molecule has 3 aromatic rings. The zero-order valence-corrected chi connectivity index (χ0v) is 11.5. The predicted molar refractivity (Wildman–Crippen MR) is 80.3 cm³/mol. The monoisotopic (exact) mass is 296 g/mol. The Morgan fingerprint density at radius 1 is 1.18 bits per heavy atom. The molecule has 7 heteroatoms. The van der Waals surface area contributed by atoms with E-state index in [1.54, 1.807) is 36.5 Å². The molecule has 3 N–H and O–H groups in total. The average molecular weight is 296 g/mol. The molecular formula is C15H13FN6. The summed E-state index contributed by atoms with van der Waals surface area (Å²) in [5, 5.41) is 17.6. The molecule has 3 rings (SSSR count). The van der Waals surface area contributed by atoms with Gasteiger partial charge in [-0.1, -0.05) is 18.2 Å². The molecule has 1 aromatic carbocycles. The van der Waals surface area contributed by atoms with Crippen LogP contribution < -0.4 is 5.32 Å². The largest absolute Gasteiger partial charge is 0.365 e. The van der Waals surface area contributed by atoms with Crippen molar-refractivity contribution in [1.82, 2.24) is 20.2 Å². The van der Waals surface area contributed by atoms with Crippen molar-refractivity contribution in [3.63, 3.8) is 0 Å². The molecule has 6 nitrogen and oxygen atoms in total. The average Bonchev–Trinajstić information content (AvgIpc) is 3.08. The first-order valence-corrected chi connectivity index (χ1v) is 6.62. The summed E-state index contributed by atoms with van der Waals surface area (Å²) in [6, 6.07) is 10.0. The molecule has 0 atom stereocenters. The smallest absolute Gasteiger partial charge is 0.174 e. The quantitative estimate of drug-likeness (QED) is 0.630. The maximum absolute atomic E-state index is 13.6. The van der Waals surface area contributed by atoms with Crippen molar-refractivity contribution >= 4 is 11.5 Å². The number of rotatable bonds is 5. The number of aromatic nitrogens is 4. The van der Waals surface area contributed by atoms with E-state index >= 15 is 0 Å². The van der Waals surface area contributed by atoms with Crippen molar-refractivity contribution < 1.29 is 4.39 Å². The highest BCUT2D eigenvalue weighted by Gasteiger charge is 2.13. The summed E-state index contributed by atoms with van der Waals surface area (Å²) >= 11 is 0. The van der Waals surface area contributed by atoms with E-state index in [0.29, 0.717) is 22.8 Å². The maximum atomic E-state index is 13.6. The fraction of sp³-hybridized carbons (Fsp3) is 0.0667. The zero-order valence-electron chi connectivity index (χ0n) is 11.5. The van der Waals surface area contributed by atoms with Crippen molar-refractivity contribution in [2.45, 2.75) is 6.54 Å². The Labute approximate surface area is 126 Å². The topological polar surface area (TPSA) is 90.3 Å². The third kappa shape index (κ3) is 2.83. The third-order valence-corrected chi connectivity index (χ3v) is 3.13. The molecule has 2 aromatic heterocycles. The molecule has 0 fully saturated rings. The van der Waals surface area contributed by atoms with Gasteiger partial charge in [0.25, 0.3) is 0 Å². The first kappa shape index (κ1) is 13.9. The van der Waals surface area contributed by atoms with Crippen LogP contribution in [0.15, 0.2) is 48.9 Å². The summed E-state index contributed by atoms with van der Waals surface area (Å²) in [5.41, 5.74) is 1.27. The second kappa shape index (κ2) is 6.13. The van der Waals surface area contributed by atoms with Gasteiger partial charge < -0.3 is 5.32 Å². The SMILES string of the molecule is N=C(c1ncn[nH]1)c1cccnc1NCc1ccccc1F. The van der Waals surface area contributed by atoms with Gasteiger partial charge in [0.1, 0.15) is 23.7 Å². The van der Waals surface area contributed by atoms with Gasteiger partial charge in [0.15, 0.2) is 5.82 Å². The number of halogens is 1. The van der Waals surface area contributed by atoms with Crippen LogP contribution in [0.4, 0.5) is 10.2 Å². The fourth-order valence-corrected chi connectivity index (χ4v) is 2.02. The number of H-pyrrole nitrogens is 1. The summed E-state index contributed by atoms with van der Waals surface area (Å²) in [6.07, 6.45) is 2.95. The Balaban J connectivity index is 1.83. The Hall–Kier alpha value is -3.09. The molecule has 22 heavy (non-hydrogen) atoms. The van der Waals surface area contributed by atoms with Crippen molar-refractivity contribution in [1.29, 1.82) is 5.41 Å². The second-order valence-electron chi connectivity index (χ2n) is 4.55. The van der Waals surface area contributed by atoms with Crippen molar-refractivity contribution in [3.05, 3.63) is 71.7 Å². The number of pyridine rings is 1. The molecule has 0 saturated heterocycles. The molecule has 0 aliphatic rings. The van der Waals surface area contributed by atoms with Gasteiger partial charge in [-0.25, -0.2) is 14.4 Å². The van der Waals surface area contributed by atoms with Gasteiger partial charge >= 0.3 is 0 Å². The van der Waals surface area contributed by atoms with Gasteiger partial charge in [-0.05, 0) is 18.2 Å². The minimum absolute atomic E-state index is 0.168. The normalized spacial score (nSPS) is 10.4. The van der Waals surface area contributed by atoms with Gasteiger partial charge in [-0.3, -0.25) is 10.5 Å². The van der Waals surface area contributed by atoms with E-state index in [4.69, 9.17) is 5.41 Å². The fourth-order valence-electron chi connectivity index (χ4n) is 2.02. The van der Waals surface area contributed by atoms with Gasteiger partial charge in [0.2, 0.25) is 0 Å². The molecule has 0 saturated carbocycles. The van der Waals surface area contributed by atoms with Gasteiger partial charge in [-0.2, -0.15) is 5.10 Å². The molecule has 0 bridgehead atoms. The van der Waals surface area contributed by atoms with E-state index in [1.807, 2.05) is 0 Å². The Morgan fingerprint density at radius 3 is 2.82 bits per heavy atom. The standard InChI is InChI=1S/C15H13FN6/c16-12-6-2-1-4-10(12)8-19-14-11(5-3-7-18-14)13(17)15-20-9-21-22-15/h1-7,9,17H,8H2,(H,18,19)(H,20,21,22). The molecule has 0 unspecified atom stereocenters. The summed E-state index contributed by atoms with van der Waals surface area (Å²) in [4.78, 5) is 8.18. The van der Waals surface area contributed by atoms with Crippen LogP contribution in [-0.4, -0.2) is 25.9 Å². The van der Waals surface area contributed by atoms with Crippen LogP contribution in [0.25, 0.3) is 0 Å². The third-order valence-electron chi connectivity index (χ3n) is 3.13. The highest BCUT2D eigenvalue weighted by atomic mass is 19.1. The number of nitrogens with one attached hydrogen (secondary N) is 3. The zero-order chi connectivity index (χ0) is 15.4. The van der Waals surface area contributed by atoms with E-state index in [1.165, 1.54) is 12.4 Å². The van der Waals surface area contributed by atoms with E-state index in [9.17, 15) is 4.39 Å². The lowest BCUT2D eigenvalue weighted by Gasteiger charge is -2.11. The van der Waals surface area contributed by atoms with Crippen LogP contribution in [0.1, 0.15) is 17.0 Å². The van der Waals surface area contributed by atoms with Gasteiger partial charge in [0.05, 0.1) is 0 Å². The summed E-state index contributed by atoms with van der Waals surface area (Å²) in [5.74, 6) is 0.562. The van der Waals surface area contributed by atoms with E-state index < -0.39 is 0 Å². The van der Waals surface area contributed by atoms with Crippen molar-refractivity contribution in [2.24, 2.45) is 0 Å². The molecular weight excluding hydrogens is 283 g/mol. The number of aromatic amines is 1. The van der Waals surface area contributed by atoms with Crippen LogP contribution in [0, 0.1) is 11.2 Å². The van der Waals surface area contributed by atoms with Crippen LogP contribution in [0.2, 0.25) is 0 Å². The second-order valence-corrected chi connectivity index (χ2v) is 4.55. The maximum Gasteiger partial charge on any atom is 0.174 e. The lowest BCUT2D eigenvalue weighted by molar-refractivity contribution is 0.613. The van der Waals surface area contributed by atoms with Crippen LogP contribution in [0.5, 0.6) is 0 Å². The van der Waals surface area contributed by atoms with Gasteiger partial charge in [0, 0.05) is 23.9 Å². The number of nitrogens with zero attached hydrogens (tertiary/aromatic N) is 3. The highest BCUT2D eigenvalue weighted by molar-refractivity contribution is 6.11. The number of benzene rings is 1. The molecule has 0 aliphatic heterocycles. The minimum Gasteiger partial charge on any atom is -0.365 e. The summed E-state index contributed by atoms with van der Waals surface area (Å²) in [7, 11) is 0. The first-order valence-electron chi connectivity index (χ1n) is 6.62. The Bertz CT molecular complexity index is 784. The number of anilines is 1. The number of hydrogen-bond acceptors (Lipinski definition) is 5. The summed E-state index contributed by atoms with van der Waals surface area (Å²) < 4.78 is 13.6. The highest BCUT2D eigenvalue weighted by Crippen LogP contribution is 2.16. The van der Waals surface area contributed by atoms with Crippen molar-refractivity contribution in [3.8, 4) is 0 Å². The molecule has 110 valence electrons. The first-order chi connectivity index (χ1) is 10.8. The molecule has 0 aliphatic carbocycles. The van der Waals surface area contributed by atoms with Crippen LogP contribution >= 0.6 is 0 Å². The molecule has 0 radical (unpaired) electrons. The van der Waals surface area contributed by atoms with Crippen LogP contribution in [-0.2, 0) is 6.54 Å². The van der Waals surface area contributed by atoms with Crippen LogP contribution in [0.3, 0.4) is 0 Å². The Morgan fingerprint density at radius 2 is 2.05 bits per heavy atom. The van der Waals surface area contributed by atoms with E-state index in [-0.39, 0.29) is 18.1 Å². The lowest BCUT2D eigenvalue weighted by Crippen LogP contribution is -2.11. The minimum atomic E-state index is -0.280. The molecule has 0 amide bonds. The summed E-state index contributed by atoms with van der Waals surface area (Å²) in [6.45, 7) is 0.278.